The quantitative estimate of drug-likeness (QED) is 0.298. The van der Waals surface area contributed by atoms with E-state index < -0.39 is 17.1 Å². The molecule has 2 aromatic heterocycles. The van der Waals surface area contributed by atoms with Crippen LogP contribution in [0, 0.1) is 0 Å². The van der Waals surface area contributed by atoms with Crippen LogP contribution in [-0.2, 0) is 13.0 Å². The number of rotatable bonds is 8. The van der Waals surface area contributed by atoms with Crippen molar-refractivity contribution in [3.8, 4) is 5.88 Å². The maximum Gasteiger partial charge on any atom is 0.331 e. The molecule has 10 heteroatoms. The summed E-state index contributed by atoms with van der Waals surface area (Å²) in [5.74, 6) is -0.450. The highest BCUT2D eigenvalue weighted by Crippen LogP contribution is 2.32. The molecule has 0 fully saturated rings. The van der Waals surface area contributed by atoms with Crippen molar-refractivity contribution in [2.75, 3.05) is 18.0 Å². The Kier molecular flexibility index (Phi) is 6.48. The van der Waals surface area contributed by atoms with Gasteiger partial charge in [0.05, 0.1) is 22.4 Å². The van der Waals surface area contributed by atoms with E-state index in [9.17, 15) is 19.5 Å². The first-order valence-electron chi connectivity index (χ1n) is 11.1. The number of aromatic nitrogens is 4. The molecule has 0 radical (unpaired) electrons. The molecule has 4 aromatic rings. The zero-order chi connectivity index (χ0) is 24.2. The molecule has 0 aliphatic heterocycles. The molecule has 0 saturated heterocycles. The van der Waals surface area contributed by atoms with Gasteiger partial charge in [0, 0.05) is 25.8 Å². The number of H-pyrrole nitrogens is 3. The minimum atomic E-state index is -0.734. The Balaban J connectivity index is 1.75. The van der Waals surface area contributed by atoms with E-state index in [1.807, 2.05) is 50.2 Å². The van der Waals surface area contributed by atoms with Gasteiger partial charge in [-0.3, -0.25) is 19.3 Å². The summed E-state index contributed by atoms with van der Waals surface area (Å²) in [6.45, 7) is 5.60. The predicted octanol–water partition coefficient (Wildman–Crippen LogP) is 2.25. The van der Waals surface area contributed by atoms with Crippen LogP contribution < -0.4 is 21.8 Å². The lowest BCUT2D eigenvalue weighted by Crippen LogP contribution is -2.32. The SMILES string of the molecule is CCN(CC)c1cc2[nH]c(=O)[nH]c2cc1N=Cc1c(O)n(CCc2ccccc2)c(=O)[nH]c1=O. The predicted molar refractivity (Wildman–Crippen MR) is 133 cm³/mol. The van der Waals surface area contributed by atoms with Crippen molar-refractivity contribution in [3.63, 3.8) is 0 Å². The van der Waals surface area contributed by atoms with Crippen LogP contribution in [0.4, 0.5) is 11.4 Å². The van der Waals surface area contributed by atoms with E-state index in [1.54, 1.807) is 6.07 Å². The van der Waals surface area contributed by atoms with Crippen molar-refractivity contribution in [2.45, 2.75) is 26.8 Å². The first kappa shape index (κ1) is 22.8. The number of aromatic amines is 3. The molecule has 0 spiro atoms. The largest absolute Gasteiger partial charge is 0.494 e. The van der Waals surface area contributed by atoms with E-state index in [0.717, 1.165) is 15.8 Å². The first-order chi connectivity index (χ1) is 16.4. The molecular formula is C24H26N6O4. The molecule has 2 aromatic carbocycles. The van der Waals surface area contributed by atoms with Crippen LogP contribution in [0.3, 0.4) is 0 Å². The molecule has 2 heterocycles. The summed E-state index contributed by atoms with van der Waals surface area (Å²) in [5.41, 5.74) is 1.59. The Bertz CT molecular complexity index is 1510. The van der Waals surface area contributed by atoms with E-state index in [4.69, 9.17) is 0 Å². The average molecular weight is 463 g/mol. The highest BCUT2D eigenvalue weighted by Gasteiger charge is 2.15. The van der Waals surface area contributed by atoms with Crippen molar-refractivity contribution < 1.29 is 5.11 Å². The fraction of sp³-hybridized carbons (Fsp3) is 0.250. The molecule has 0 aliphatic carbocycles. The molecule has 4 rings (SSSR count). The highest BCUT2D eigenvalue weighted by molar-refractivity contribution is 5.91. The van der Waals surface area contributed by atoms with Crippen LogP contribution >= 0.6 is 0 Å². The van der Waals surface area contributed by atoms with Gasteiger partial charge in [-0.2, -0.15) is 0 Å². The number of aromatic hydroxyl groups is 1. The summed E-state index contributed by atoms with van der Waals surface area (Å²) in [4.78, 5) is 50.8. The topological polar surface area (TPSA) is 139 Å². The van der Waals surface area contributed by atoms with E-state index in [1.165, 1.54) is 6.21 Å². The molecule has 4 N–H and O–H groups in total. The number of benzene rings is 2. The van der Waals surface area contributed by atoms with Crippen LogP contribution in [0.5, 0.6) is 5.88 Å². The van der Waals surface area contributed by atoms with Crippen molar-refractivity contribution in [1.82, 2.24) is 19.5 Å². The molecule has 0 atom stereocenters. The maximum atomic E-state index is 12.5. The van der Waals surface area contributed by atoms with E-state index in [0.29, 0.717) is 36.2 Å². The van der Waals surface area contributed by atoms with Crippen molar-refractivity contribution in [2.24, 2.45) is 4.99 Å². The lowest BCUT2D eigenvalue weighted by Gasteiger charge is -2.22. The summed E-state index contributed by atoms with van der Waals surface area (Å²) < 4.78 is 1.12. The first-order valence-corrected chi connectivity index (χ1v) is 11.1. The van der Waals surface area contributed by atoms with Gasteiger partial charge >= 0.3 is 11.4 Å². The summed E-state index contributed by atoms with van der Waals surface area (Å²) >= 11 is 0. The Morgan fingerprint density at radius 3 is 2.35 bits per heavy atom. The maximum absolute atomic E-state index is 12.5. The molecular weight excluding hydrogens is 436 g/mol. The Labute approximate surface area is 194 Å². The summed E-state index contributed by atoms with van der Waals surface area (Å²) in [6.07, 6.45) is 1.74. The zero-order valence-electron chi connectivity index (χ0n) is 19.0. The van der Waals surface area contributed by atoms with Gasteiger partial charge in [-0.25, -0.2) is 9.59 Å². The number of hydrogen-bond acceptors (Lipinski definition) is 6. The molecule has 0 bridgehead atoms. The number of nitrogens with zero attached hydrogens (tertiary/aromatic N) is 3. The van der Waals surface area contributed by atoms with Gasteiger partial charge in [0.15, 0.2) is 0 Å². The number of aliphatic imine (C=N–C) groups is 1. The molecule has 0 unspecified atom stereocenters. The number of hydrogen-bond donors (Lipinski definition) is 4. The van der Waals surface area contributed by atoms with Gasteiger partial charge in [0.1, 0.15) is 5.56 Å². The second-order valence-electron chi connectivity index (χ2n) is 7.78. The molecule has 34 heavy (non-hydrogen) atoms. The Morgan fingerprint density at radius 2 is 1.68 bits per heavy atom. The molecule has 0 saturated carbocycles. The molecule has 0 amide bonds. The second-order valence-corrected chi connectivity index (χ2v) is 7.78. The monoisotopic (exact) mass is 462 g/mol. The third kappa shape index (κ3) is 4.56. The lowest BCUT2D eigenvalue weighted by molar-refractivity contribution is 0.399. The molecule has 0 aliphatic rings. The number of aryl methyl sites for hydroxylation is 1. The highest BCUT2D eigenvalue weighted by atomic mass is 16.3. The van der Waals surface area contributed by atoms with Gasteiger partial charge in [0.2, 0.25) is 5.88 Å². The van der Waals surface area contributed by atoms with Crippen LogP contribution in [0.15, 0.2) is 61.8 Å². The number of fused-ring (bicyclic) bond motifs is 1. The van der Waals surface area contributed by atoms with Crippen molar-refractivity contribution in [1.29, 1.82) is 0 Å². The van der Waals surface area contributed by atoms with Gasteiger partial charge in [-0.15, -0.1) is 0 Å². The summed E-state index contributed by atoms with van der Waals surface area (Å²) in [6, 6.07) is 13.1. The molecule has 176 valence electrons. The van der Waals surface area contributed by atoms with Crippen molar-refractivity contribution >= 4 is 28.6 Å². The standard InChI is InChI=1S/C24H26N6O4/c1-3-29(4-2)20-13-18-17(26-23(33)27-18)12-19(20)25-14-16-21(31)28-24(34)30(22(16)32)11-10-15-8-6-5-7-9-15/h5-9,12-14,32H,3-4,10-11H2,1-2H3,(H2,26,27,33)(H,28,31,34). The van der Waals surface area contributed by atoms with Crippen LogP contribution in [0.2, 0.25) is 0 Å². The minimum Gasteiger partial charge on any atom is -0.494 e. The number of imidazole rings is 1. The number of anilines is 1. The fourth-order valence-corrected chi connectivity index (χ4v) is 3.90. The van der Waals surface area contributed by atoms with Gasteiger partial charge in [-0.05, 0) is 38.0 Å². The van der Waals surface area contributed by atoms with Gasteiger partial charge in [0.25, 0.3) is 5.56 Å². The summed E-state index contributed by atoms with van der Waals surface area (Å²) in [5, 5.41) is 10.7. The average Bonchev–Trinajstić information content (AvgIpc) is 3.19. The van der Waals surface area contributed by atoms with Crippen LogP contribution in [0.1, 0.15) is 25.0 Å². The third-order valence-electron chi connectivity index (χ3n) is 5.72. The van der Waals surface area contributed by atoms with Crippen LogP contribution in [-0.4, -0.2) is 43.9 Å². The van der Waals surface area contributed by atoms with E-state index >= 15 is 0 Å². The fourth-order valence-electron chi connectivity index (χ4n) is 3.90. The van der Waals surface area contributed by atoms with E-state index in [2.05, 4.69) is 24.8 Å². The number of nitrogens with one attached hydrogen (secondary N) is 3. The minimum absolute atomic E-state index is 0.124. The van der Waals surface area contributed by atoms with E-state index in [-0.39, 0.29) is 17.8 Å². The molecule has 10 nitrogen and oxygen atoms in total. The van der Waals surface area contributed by atoms with Crippen molar-refractivity contribution in [3.05, 3.63) is 84.9 Å². The Hall–Kier alpha value is -4.34. The zero-order valence-corrected chi connectivity index (χ0v) is 19.0. The lowest BCUT2D eigenvalue weighted by atomic mass is 10.1. The summed E-state index contributed by atoms with van der Waals surface area (Å²) in [7, 11) is 0. The van der Waals surface area contributed by atoms with Gasteiger partial charge in [-0.1, -0.05) is 30.3 Å². The van der Waals surface area contributed by atoms with Crippen LogP contribution in [0.25, 0.3) is 11.0 Å². The normalized spacial score (nSPS) is 11.5. The van der Waals surface area contributed by atoms with Gasteiger partial charge < -0.3 is 20.0 Å². The smallest absolute Gasteiger partial charge is 0.331 e. The third-order valence-corrected chi connectivity index (χ3v) is 5.72. The Morgan fingerprint density at radius 1 is 1.00 bits per heavy atom. The second kappa shape index (κ2) is 9.65.